The van der Waals surface area contributed by atoms with E-state index < -0.39 is 11.8 Å². The maximum Gasteiger partial charge on any atom is 0.277 e. The van der Waals surface area contributed by atoms with Crippen LogP contribution in [0.15, 0.2) is 47.5 Å². The molecule has 0 aromatic heterocycles. The Morgan fingerprint density at radius 3 is 2.25 bits per heavy atom. The summed E-state index contributed by atoms with van der Waals surface area (Å²) < 4.78 is 5.10. The number of halogens is 2. The van der Waals surface area contributed by atoms with Gasteiger partial charge in [0.15, 0.2) is 0 Å². The molecule has 1 heterocycles. The molecule has 1 aliphatic heterocycles. The van der Waals surface area contributed by atoms with Crippen LogP contribution >= 0.6 is 23.2 Å². The highest BCUT2D eigenvalue weighted by atomic mass is 35.5. The lowest BCUT2D eigenvalue weighted by Crippen LogP contribution is -2.31. The van der Waals surface area contributed by atoms with Gasteiger partial charge < -0.3 is 4.74 Å². The van der Waals surface area contributed by atoms with Crippen molar-refractivity contribution < 1.29 is 14.3 Å². The number of imide groups is 1. The zero-order chi connectivity index (χ0) is 17.4. The summed E-state index contributed by atoms with van der Waals surface area (Å²) >= 11 is 12.2. The van der Waals surface area contributed by atoms with Crippen molar-refractivity contribution in [2.24, 2.45) is 0 Å². The fraction of sp³-hybridized carbons (Fsp3) is 0.111. The molecule has 0 saturated heterocycles. The number of ether oxygens (including phenoxy) is 1. The van der Waals surface area contributed by atoms with Crippen molar-refractivity contribution in [3.8, 4) is 5.75 Å². The standard InChI is InChI=1S/C18H13Cl2NO3/c1-10-3-6-12(19)9-14(10)21-17(22)15(16(20)18(21)23)11-4-7-13(24-2)8-5-11/h3-9H,1-2H3. The molecule has 0 fully saturated rings. The van der Waals surface area contributed by atoms with E-state index in [9.17, 15) is 9.59 Å². The zero-order valence-electron chi connectivity index (χ0n) is 13.0. The number of anilines is 1. The predicted molar refractivity (Wildman–Crippen MR) is 94.4 cm³/mol. The van der Waals surface area contributed by atoms with E-state index in [1.165, 1.54) is 0 Å². The second-order valence-corrected chi connectivity index (χ2v) is 6.11. The van der Waals surface area contributed by atoms with Crippen LogP contribution < -0.4 is 9.64 Å². The van der Waals surface area contributed by atoms with Gasteiger partial charge in [0.05, 0.1) is 18.4 Å². The summed E-state index contributed by atoms with van der Waals surface area (Å²) in [5.41, 5.74) is 1.91. The fourth-order valence-corrected chi connectivity index (χ4v) is 2.99. The van der Waals surface area contributed by atoms with E-state index in [0.717, 1.165) is 10.5 Å². The van der Waals surface area contributed by atoms with E-state index in [0.29, 0.717) is 22.0 Å². The van der Waals surface area contributed by atoms with Crippen LogP contribution in [0.25, 0.3) is 5.57 Å². The lowest BCUT2D eigenvalue weighted by Gasteiger charge is -2.17. The lowest BCUT2D eigenvalue weighted by molar-refractivity contribution is -0.119. The molecule has 0 bridgehead atoms. The van der Waals surface area contributed by atoms with Crippen molar-refractivity contribution >= 4 is 46.3 Å². The molecule has 24 heavy (non-hydrogen) atoms. The number of amides is 2. The van der Waals surface area contributed by atoms with E-state index in [1.807, 2.05) is 0 Å². The van der Waals surface area contributed by atoms with Crippen molar-refractivity contribution in [2.45, 2.75) is 6.92 Å². The average Bonchev–Trinajstić information content (AvgIpc) is 2.80. The third-order valence-electron chi connectivity index (χ3n) is 3.82. The number of hydrogen-bond acceptors (Lipinski definition) is 3. The molecular formula is C18H13Cl2NO3. The van der Waals surface area contributed by atoms with E-state index in [2.05, 4.69) is 0 Å². The number of benzene rings is 2. The molecule has 0 spiro atoms. The van der Waals surface area contributed by atoms with Crippen LogP contribution in [0.4, 0.5) is 5.69 Å². The van der Waals surface area contributed by atoms with Gasteiger partial charge in [-0.3, -0.25) is 9.59 Å². The monoisotopic (exact) mass is 361 g/mol. The van der Waals surface area contributed by atoms with Gasteiger partial charge in [-0.05, 0) is 42.3 Å². The fourth-order valence-electron chi connectivity index (χ4n) is 2.55. The van der Waals surface area contributed by atoms with E-state index in [1.54, 1.807) is 56.5 Å². The Hall–Kier alpha value is -2.30. The maximum atomic E-state index is 12.8. The summed E-state index contributed by atoms with van der Waals surface area (Å²) in [7, 11) is 1.55. The van der Waals surface area contributed by atoms with Crippen LogP contribution in [0.2, 0.25) is 5.02 Å². The Morgan fingerprint density at radius 2 is 1.62 bits per heavy atom. The maximum absolute atomic E-state index is 12.8. The Bertz CT molecular complexity index is 872. The number of hydrogen-bond donors (Lipinski definition) is 0. The molecule has 0 unspecified atom stereocenters. The molecule has 0 saturated carbocycles. The largest absolute Gasteiger partial charge is 0.497 e. The van der Waals surface area contributed by atoms with Crippen molar-refractivity contribution in [3.63, 3.8) is 0 Å². The Morgan fingerprint density at radius 1 is 0.958 bits per heavy atom. The van der Waals surface area contributed by atoms with Crippen molar-refractivity contribution in [3.05, 3.63) is 63.6 Å². The van der Waals surface area contributed by atoms with Gasteiger partial charge in [0.25, 0.3) is 11.8 Å². The molecule has 0 N–H and O–H groups in total. The number of rotatable bonds is 3. The third kappa shape index (κ3) is 2.68. The van der Waals surface area contributed by atoms with Gasteiger partial charge in [0.2, 0.25) is 0 Å². The van der Waals surface area contributed by atoms with Crippen molar-refractivity contribution in [1.29, 1.82) is 0 Å². The number of methoxy groups -OCH3 is 1. The predicted octanol–water partition coefficient (Wildman–Crippen LogP) is 4.18. The van der Waals surface area contributed by atoms with Gasteiger partial charge in [-0.1, -0.05) is 41.4 Å². The van der Waals surface area contributed by atoms with Crippen LogP contribution in [0, 0.1) is 6.92 Å². The SMILES string of the molecule is COc1ccc(C2=C(Cl)C(=O)N(c3cc(Cl)ccc3C)C2=O)cc1. The summed E-state index contributed by atoms with van der Waals surface area (Å²) in [6.07, 6.45) is 0. The highest BCUT2D eigenvalue weighted by Gasteiger charge is 2.39. The summed E-state index contributed by atoms with van der Waals surface area (Å²) in [6, 6.07) is 11.8. The van der Waals surface area contributed by atoms with Crippen LogP contribution in [0.5, 0.6) is 5.75 Å². The topological polar surface area (TPSA) is 46.6 Å². The molecule has 0 atom stereocenters. The quantitative estimate of drug-likeness (QED) is 0.770. The molecular weight excluding hydrogens is 349 g/mol. The number of nitrogens with zero attached hydrogens (tertiary/aromatic N) is 1. The summed E-state index contributed by atoms with van der Waals surface area (Å²) in [6.45, 7) is 1.80. The molecule has 2 amide bonds. The minimum Gasteiger partial charge on any atom is -0.497 e. The van der Waals surface area contributed by atoms with E-state index >= 15 is 0 Å². The van der Waals surface area contributed by atoms with Gasteiger partial charge in [-0.2, -0.15) is 0 Å². The number of aryl methyl sites for hydroxylation is 1. The van der Waals surface area contributed by atoms with Crippen molar-refractivity contribution in [2.75, 3.05) is 12.0 Å². The van der Waals surface area contributed by atoms with Crippen molar-refractivity contribution in [1.82, 2.24) is 0 Å². The molecule has 3 rings (SSSR count). The minimum absolute atomic E-state index is 0.107. The Labute approximate surface area is 149 Å². The first-order chi connectivity index (χ1) is 11.4. The molecule has 6 heteroatoms. The molecule has 2 aromatic carbocycles. The zero-order valence-corrected chi connectivity index (χ0v) is 14.5. The average molecular weight is 362 g/mol. The van der Waals surface area contributed by atoms with Crippen LogP contribution in [-0.4, -0.2) is 18.9 Å². The Kier molecular flexibility index (Phi) is 4.35. The normalized spacial score (nSPS) is 14.6. The van der Waals surface area contributed by atoms with Gasteiger partial charge in [0, 0.05) is 5.02 Å². The third-order valence-corrected chi connectivity index (χ3v) is 4.40. The molecule has 1 aliphatic rings. The molecule has 0 radical (unpaired) electrons. The van der Waals surface area contributed by atoms with Gasteiger partial charge in [0.1, 0.15) is 10.8 Å². The van der Waals surface area contributed by atoms with E-state index in [-0.39, 0.29) is 10.6 Å². The lowest BCUT2D eigenvalue weighted by atomic mass is 10.1. The first kappa shape index (κ1) is 16.6. The summed E-state index contributed by atoms with van der Waals surface area (Å²) in [5.74, 6) is -0.381. The van der Waals surface area contributed by atoms with Crippen LogP contribution in [-0.2, 0) is 9.59 Å². The molecule has 2 aromatic rings. The van der Waals surface area contributed by atoms with Crippen LogP contribution in [0.3, 0.4) is 0 Å². The molecule has 122 valence electrons. The van der Waals surface area contributed by atoms with Gasteiger partial charge in [-0.25, -0.2) is 4.90 Å². The molecule has 0 aliphatic carbocycles. The molecule has 4 nitrogen and oxygen atoms in total. The first-order valence-electron chi connectivity index (χ1n) is 7.13. The highest BCUT2D eigenvalue weighted by Crippen LogP contribution is 2.37. The summed E-state index contributed by atoms with van der Waals surface area (Å²) in [4.78, 5) is 26.4. The second-order valence-electron chi connectivity index (χ2n) is 5.29. The van der Waals surface area contributed by atoms with E-state index in [4.69, 9.17) is 27.9 Å². The number of carbonyl (C=O) groups excluding carboxylic acids is 2. The first-order valence-corrected chi connectivity index (χ1v) is 7.88. The smallest absolute Gasteiger partial charge is 0.277 e. The van der Waals surface area contributed by atoms with Gasteiger partial charge >= 0.3 is 0 Å². The Balaban J connectivity index is 2.05. The minimum atomic E-state index is -0.558. The second kappa shape index (κ2) is 6.30. The number of carbonyl (C=O) groups is 2. The van der Waals surface area contributed by atoms with Gasteiger partial charge in [-0.15, -0.1) is 0 Å². The highest BCUT2D eigenvalue weighted by molar-refractivity contribution is 6.60. The summed E-state index contributed by atoms with van der Waals surface area (Å²) in [5, 5.41) is 0.328. The van der Waals surface area contributed by atoms with Crippen LogP contribution in [0.1, 0.15) is 11.1 Å².